The molecule has 1 unspecified atom stereocenters. The third kappa shape index (κ3) is 10.1. The second-order valence-electron chi connectivity index (χ2n) is 9.35. The first-order valence-corrected chi connectivity index (χ1v) is 12.4. The van der Waals surface area contributed by atoms with Crippen molar-refractivity contribution >= 4 is 23.6 Å². The number of Topliss-reactive ketones (excluding diaryl/α,β-unsaturated/α-hetero) is 1. The first-order chi connectivity index (χ1) is 15.6. The molecule has 1 fully saturated rings. The lowest BCUT2D eigenvalue weighted by molar-refractivity contribution is -0.178. The number of esters is 2. The predicted molar refractivity (Wildman–Crippen MR) is 127 cm³/mol. The minimum absolute atomic E-state index is 0.0222. The van der Waals surface area contributed by atoms with Gasteiger partial charge in [-0.05, 0) is 39.0 Å². The van der Waals surface area contributed by atoms with Gasteiger partial charge in [0, 0.05) is 38.1 Å². The predicted octanol–water partition coefficient (Wildman–Crippen LogP) is 4.67. The van der Waals surface area contributed by atoms with Crippen molar-refractivity contribution in [1.82, 2.24) is 5.32 Å². The van der Waals surface area contributed by atoms with Crippen LogP contribution >= 0.6 is 0 Å². The van der Waals surface area contributed by atoms with Crippen LogP contribution in [0, 0.1) is 11.8 Å². The van der Waals surface area contributed by atoms with E-state index in [1.54, 1.807) is 6.92 Å². The molecule has 33 heavy (non-hydrogen) atoms. The van der Waals surface area contributed by atoms with Crippen molar-refractivity contribution in [3.05, 3.63) is 12.2 Å². The molecule has 0 heterocycles. The molecule has 1 aliphatic carbocycles. The summed E-state index contributed by atoms with van der Waals surface area (Å²) in [7, 11) is 1.28. The molecule has 0 aromatic carbocycles. The number of allylic oxidation sites excluding steroid dienone is 1. The van der Waals surface area contributed by atoms with Crippen LogP contribution in [0.15, 0.2) is 12.2 Å². The number of unbranched alkanes of at least 4 members (excludes halogenated alkanes) is 6. The Morgan fingerprint density at radius 3 is 2.39 bits per heavy atom. The second-order valence-corrected chi connectivity index (χ2v) is 9.35. The van der Waals surface area contributed by atoms with Gasteiger partial charge in [-0.25, -0.2) is 4.79 Å². The summed E-state index contributed by atoms with van der Waals surface area (Å²) in [5.41, 5.74) is -1.29. The highest BCUT2D eigenvalue weighted by Gasteiger charge is 2.41. The molecule has 0 aliphatic heterocycles. The molecule has 1 saturated carbocycles. The summed E-state index contributed by atoms with van der Waals surface area (Å²) in [5.74, 6) is -1.07. The minimum atomic E-state index is -1.29. The van der Waals surface area contributed by atoms with Crippen molar-refractivity contribution in [3.63, 3.8) is 0 Å². The highest BCUT2D eigenvalue weighted by Crippen LogP contribution is 2.35. The lowest BCUT2D eigenvalue weighted by Gasteiger charge is -2.26. The number of amides is 1. The number of ether oxygens (including phenoxy) is 2. The summed E-state index contributed by atoms with van der Waals surface area (Å²) in [6.07, 6.45) is 13.9. The van der Waals surface area contributed by atoms with Gasteiger partial charge in [0.2, 0.25) is 11.5 Å². The molecule has 4 atom stereocenters. The zero-order valence-corrected chi connectivity index (χ0v) is 21.1. The number of ketones is 1. The van der Waals surface area contributed by atoms with E-state index in [1.807, 2.05) is 0 Å². The maximum Gasteiger partial charge on any atom is 0.350 e. The van der Waals surface area contributed by atoms with E-state index in [4.69, 9.17) is 9.47 Å². The molecule has 0 aromatic rings. The smallest absolute Gasteiger partial charge is 0.350 e. The fourth-order valence-corrected chi connectivity index (χ4v) is 4.70. The second kappa shape index (κ2) is 14.9. The van der Waals surface area contributed by atoms with Gasteiger partial charge in [0.15, 0.2) is 0 Å². The Balaban J connectivity index is 2.63. The largest absolute Gasteiger partial charge is 0.466 e. The minimum Gasteiger partial charge on any atom is -0.466 e. The highest BCUT2D eigenvalue weighted by molar-refractivity contribution is 5.86. The fourth-order valence-electron chi connectivity index (χ4n) is 4.70. The Hall–Kier alpha value is -2.18. The van der Waals surface area contributed by atoms with Crippen molar-refractivity contribution < 1.29 is 28.7 Å². The monoisotopic (exact) mass is 465 g/mol. The molecular formula is C26H43NO6. The Labute approximate surface area is 199 Å². The van der Waals surface area contributed by atoms with E-state index in [-0.39, 0.29) is 29.6 Å². The number of carbonyl (C=O) groups excluding carboxylic acids is 4. The Morgan fingerprint density at radius 2 is 1.79 bits per heavy atom. The van der Waals surface area contributed by atoms with Crippen molar-refractivity contribution in [2.75, 3.05) is 7.11 Å². The molecule has 1 amide bonds. The molecule has 1 N–H and O–H groups in total. The Morgan fingerprint density at radius 1 is 1.09 bits per heavy atom. The van der Waals surface area contributed by atoms with Crippen LogP contribution in [0.2, 0.25) is 0 Å². The normalized spacial score (nSPS) is 22.2. The van der Waals surface area contributed by atoms with Crippen LogP contribution in [0.4, 0.5) is 0 Å². The van der Waals surface area contributed by atoms with Crippen molar-refractivity contribution in [2.45, 2.75) is 110 Å². The lowest BCUT2D eigenvalue weighted by atomic mass is 9.87. The number of nitrogens with one attached hydrogen (secondary N) is 1. The van der Waals surface area contributed by atoms with Crippen LogP contribution in [0.5, 0.6) is 0 Å². The summed E-state index contributed by atoms with van der Waals surface area (Å²) in [6, 6.07) is -0.140. The van der Waals surface area contributed by atoms with E-state index in [0.29, 0.717) is 19.3 Å². The van der Waals surface area contributed by atoms with Crippen molar-refractivity contribution in [2.24, 2.45) is 11.8 Å². The van der Waals surface area contributed by atoms with Gasteiger partial charge in [-0.3, -0.25) is 14.4 Å². The van der Waals surface area contributed by atoms with Gasteiger partial charge >= 0.3 is 11.9 Å². The van der Waals surface area contributed by atoms with Crippen LogP contribution in [-0.2, 0) is 28.7 Å². The molecule has 7 heteroatoms. The van der Waals surface area contributed by atoms with Crippen LogP contribution in [0.1, 0.15) is 98.3 Å². The standard InChI is InChI=1S/C26H43NO6/c1-6-7-8-9-10-12-15-21-22(24(30)18-23(21)27-19(2)28)16-13-11-14-17-26(4,25(31)32-5)33-20(3)29/h12,15,21-23H,6-11,13-14,16-18H2,1-5H3,(H,27,28)/t21-,22-,23-,26?/m1/s1. The van der Waals surface area contributed by atoms with Gasteiger partial charge < -0.3 is 14.8 Å². The summed E-state index contributed by atoms with van der Waals surface area (Å²) < 4.78 is 10.0. The average molecular weight is 466 g/mol. The maximum absolute atomic E-state index is 12.7. The third-order valence-electron chi connectivity index (χ3n) is 6.39. The van der Waals surface area contributed by atoms with E-state index in [1.165, 1.54) is 40.2 Å². The molecule has 0 aromatic heterocycles. The van der Waals surface area contributed by atoms with Crippen LogP contribution in [0.25, 0.3) is 0 Å². The quantitative estimate of drug-likeness (QED) is 0.214. The highest BCUT2D eigenvalue weighted by atomic mass is 16.6. The van der Waals surface area contributed by atoms with Gasteiger partial charge in [-0.2, -0.15) is 0 Å². The van der Waals surface area contributed by atoms with E-state index in [2.05, 4.69) is 24.4 Å². The molecule has 0 radical (unpaired) electrons. The molecule has 7 nitrogen and oxygen atoms in total. The van der Waals surface area contributed by atoms with Crippen LogP contribution < -0.4 is 5.32 Å². The molecule has 1 rings (SSSR count). The third-order valence-corrected chi connectivity index (χ3v) is 6.39. The lowest BCUT2D eigenvalue weighted by Crippen LogP contribution is -2.40. The molecular weight excluding hydrogens is 422 g/mol. The summed E-state index contributed by atoms with van der Waals surface area (Å²) in [5, 5.41) is 2.96. The zero-order valence-electron chi connectivity index (χ0n) is 21.1. The number of hydrogen-bond acceptors (Lipinski definition) is 6. The van der Waals surface area contributed by atoms with E-state index in [0.717, 1.165) is 32.1 Å². The average Bonchev–Trinajstić information content (AvgIpc) is 3.02. The van der Waals surface area contributed by atoms with Gasteiger partial charge in [0.1, 0.15) is 5.78 Å². The first kappa shape index (κ1) is 28.9. The van der Waals surface area contributed by atoms with Gasteiger partial charge in [-0.1, -0.05) is 51.2 Å². The summed E-state index contributed by atoms with van der Waals surface area (Å²) in [4.78, 5) is 47.8. The fraction of sp³-hybridized carbons (Fsp3) is 0.769. The SMILES string of the molecule is CCCCCCC=C[C@H]1[C@H](NC(C)=O)CC(=O)[C@@H]1CCCCCC(C)(OC(C)=O)C(=O)OC. The number of rotatable bonds is 15. The number of carbonyl (C=O) groups is 4. The van der Waals surface area contributed by atoms with E-state index < -0.39 is 17.5 Å². The molecule has 0 bridgehead atoms. The van der Waals surface area contributed by atoms with E-state index in [9.17, 15) is 19.2 Å². The molecule has 188 valence electrons. The number of hydrogen-bond donors (Lipinski definition) is 1. The molecule has 0 saturated heterocycles. The zero-order chi connectivity index (χ0) is 24.9. The van der Waals surface area contributed by atoms with Crippen molar-refractivity contribution in [3.8, 4) is 0 Å². The maximum atomic E-state index is 12.7. The van der Waals surface area contributed by atoms with Gasteiger partial charge in [-0.15, -0.1) is 0 Å². The molecule has 1 aliphatic rings. The topological polar surface area (TPSA) is 98.8 Å². The number of methoxy groups -OCH3 is 1. The summed E-state index contributed by atoms with van der Waals surface area (Å²) in [6.45, 7) is 6.52. The summed E-state index contributed by atoms with van der Waals surface area (Å²) >= 11 is 0. The van der Waals surface area contributed by atoms with Crippen LogP contribution in [-0.4, -0.2) is 42.4 Å². The first-order valence-electron chi connectivity index (χ1n) is 12.4. The Kier molecular flexibility index (Phi) is 13.0. The van der Waals surface area contributed by atoms with E-state index >= 15 is 0 Å². The molecule has 0 spiro atoms. The van der Waals surface area contributed by atoms with Crippen LogP contribution in [0.3, 0.4) is 0 Å². The van der Waals surface area contributed by atoms with Gasteiger partial charge in [0.05, 0.1) is 7.11 Å². The van der Waals surface area contributed by atoms with Gasteiger partial charge in [0.25, 0.3) is 0 Å². The van der Waals surface area contributed by atoms with Crippen molar-refractivity contribution in [1.29, 1.82) is 0 Å². The Bertz CT molecular complexity index is 688.